The average molecular weight is 855 g/mol. The summed E-state index contributed by atoms with van der Waals surface area (Å²) in [7, 11) is -0.0146. The number of hydrogen-bond donors (Lipinski definition) is 0. The highest BCUT2D eigenvalue weighted by atomic mass is 32.2. The summed E-state index contributed by atoms with van der Waals surface area (Å²) in [5.74, 6) is 0. The standard InChI is InChI=1S/C28H16BF12.C18H15S/c30-25(31,32)17-1-9-21(10-2-17)29(22-11-3-18(4-12-22)26(33,34)35,23-13-5-19(6-14-23)27(36,37)38)24-15-7-20(8-16-24)28(39,40)41;1-4-10-16(11-5-1)19(17-12-6-2-7-13-17)18-14-8-3-9-15-18/h1-16H;1-15H/q-1;+1. The van der Waals surface area contributed by atoms with E-state index in [-0.39, 0.29) is 32.7 Å². The fourth-order valence-electron chi connectivity index (χ4n) is 7.08. The summed E-state index contributed by atoms with van der Waals surface area (Å²) in [6, 6.07) is 45.7. The highest BCUT2D eigenvalue weighted by Gasteiger charge is 2.38. The molecule has 0 atom stereocenters. The molecule has 0 aliphatic heterocycles. The molecule has 0 aromatic heterocycles. The van der Waals surface area contributed by atoms with Gasteiger partial charge in [0.15, 0.2) is 14.7 Å². The van der Waals surface area contributed by atoms with Crippen molar-refractivity contribution in [3.05, 3.63) is 210 Å². The summed E-state index contributed by atoms with van der Waals surface area (Å²) in [5.41, 5.74) is -4.29. The Labute approximate surface area is 340 Å². The SMILES string of the molecule is FC(F)(F)c1ccc([B-](c2ccc(C(F)(F)F)cc2)(c2ccc(C(F)(F)F)cc2)c2ccc(C(F)(F)F)cc2)cc1.c1ccc([S+](c2ccccc2)c2ccccc2)cc1. The third kappa shape index (κ3) is 9.76. The van der Waals surface area contributed by atoms with Crippen LogP contribution in [0.2, 0.25) is 0 Å². The average Bonchev–Trinajstić information content (AvgIpc) is 3.22. The van der Waals surface area contributed by atoms with Crippen LogP contribution in [0.25, 0.3) is 0 Å². The van der Waals surface area contributed by atoms with E-state index in [1.165, 1.54) is 14.7 Å². The Balaban J connectivity index is 0.000000263. The molecule has 14 heteroatoms. The largest absolute Gasteiger partial charge is 0.416 e. The number of benzene rings is 7. The first-order chi connectivity index (χ1) is 28.3. The summed E-state index contributed by atoms with van der Waals surface area (Å²) in [4.78, 5) is 4.08. The van der Waals surface area contributed by atoms with Gasteiger partial charge >= 0.3 is 24.7 Å². The molecule has 0 spiro atoms. The summed E-state index contributed by atoms with van der Waals surface area (Å²) < 4.78 is 160. The van der Waals surface area contributed by atoms with Crippen molar-refractivity contribution in [1.29, 1.82) is 0 Å². The van der Waals surface area contributed by atoms with Crippen molar-refractivity contribution >= 4 is 38.9 Å². The maximum atomic E-state index is 13.3. The highest BCUT2D eigenvalue weighted by Crippen LogP contribution is 2.33. The van der Waals surface area contributed by atoms with Crippen LogP contribution in [0.4, 0.5) is 52.7 Å². The molecule has 308 valence electrons. The van der Waals surface area contributed by atoms with Gasteiger partial charge in [-0.15, -0.1) is 0 Å². The highest BCUT2D eigenvalue weighted by molar-refractivity contribution is 7.97. The Morgan fingerprint density at radius 1 is 0.250 bits per heavy atom. The van der Waals surface area contributed by atoms with Gasteiger partial charge in [0.25, 0.3) is 0 Å². The summed E-state index contributed by atoms with van der Waals surface area (Å²) in [5, 5.41) is 0. The van der Waals surface area contributed by atoms with E-state index in [0.29, 0.717) is 48.5 Å². The van der Waals surface area contributed by atoms with Gasteiger partial charge in [0, 0.05) is 0 Å². The lowest BCUT2D eigenvalue weighted by Gasteiger charge is -2.44. The summed E-state index contributed by atoms with van der Waals surface area (Å²) in [6.07, 6.45) is -22.0. The molecule has 60 heavy (non-hydrogen) atoms. The first-order valence-corrected chi connectivity index (χ1v) is 19.3. The van der Waals surface area contributed by atoms with Crippen LogP contribution in [-0.2, 0) is 35.6 Å². The summed E-state index contributed by atoms with van der Waals surface area (Å²) >= 11 is 0. The molecule has 0 saturated carbocycles. The van der Waals surface area contributed by atoms with Crippen LogP contribution < -0.4 is 21.9 Å². The second-order valence-corrected chi connectivity index (χ2v) is 15.6. The van der Waals surface area contributed by atoms with E-state index in [4.69, 9.17) is 0 Å². The fraction of sp³-hybridized carbons (Fsp3) is 0.0870. The minimum Gasteiger partial charge on any atom is -0.195 e. The Bertz CT molecular complexity index is 2100. The maximum Gasteiger partial charge on any atom is 0.416 e. The van der Waals surface area contributed by atoms with E-state index in [9.17, 15) is 52.7 Å². The van der Waals surface area contributed by atoms with Gasteiger partial charge in [-0.2, -0.15) is 74.5 Å². The van der Waals surface area contributed by atoms with E-state index in [1.807, 2.05) is 0 Å². The lowest BCUT2D eigenvalue weighted by molar-refractivity contribution is -0.138. The quantitative estimate of drug-likeness (QED) is 0.0851. The van der Waals surface area contributed by atoms with Crippen molar-refractivity contribution in [2.75, 3.05) is 0 Å². The topological polar surface area (TPSA) is 0 Å². The maximum absolute atomic E-state index is 13.3. The van der Waals surface area contributed by atoms with E-state index < -0.39 is 53.1 Å². The molecule has 7 rings (SSSR count). The van der Waals surface area contributed by atoms with Gasteiger partial charge < -0.3 is 0 Å². The molecule has 0 heterocycles. The molecule has 7 aromatic rings. The van der Waals surface area contributed by atoms with Gasteiger partial charge in [-0.05, 0) is 36.4 Å². The van der Waals surface area contributed by atoms with Crippen LogP contribution in [0.1, 0.15) is 22.3 Å². The molecule has 0 aliphatic rings. The minimum absolute atomic E-state index is 0.0114. The Morgan fingerprint density at radius 3 is 0.600 bits per heavy atom. The van der Waals surface area contributed by atoms with Gasteiger partial charge in [-0.1, -0.05) is 152 Å². The predicted molar refractivity (Wildman–Crippen MR) is 212 cm³/mol. The molecule has 0 N–H and O–H groups in total. The van der Waals surface area contributed by atoms with E-state index in [2.05, 4.69) is 91.0 Å². The second-order valence-electron chi connectivity index (χ2n) is 13.6. The van der Waals surface area contributed by atoms with E-state index in [0.717, 1.165) is 48.5 Å². The molecule has 0 bridgehead atoms. The molecule has 0 saturated heterocycles. The second kappa shape index (κ2) is 17.4. The van der Waals surface area contributed by atoms with Gasteiger partial charge in [-0.25, -0.2) is 0 Å². The van der Waals surface area contributed by atoms with Gasteiger partial charge in [0.1, 0.15) is 6.15 Å². The number of rotatable bonds is 7. The smallest absolute Gasteiger partial charge is 0.195 e. The monoisotopic (exact) mass is 854 g/mol. The van der Waals surface area contributed by atoms with Crippen LogP contribution in [0.5, 0.6) is 0 Å². The molecule has 7 aromatic carbocycles. The first-order valence-electron chi connectivity index (χ1n) is 18.1. The van der Waals surface area contributed by atoms with Gasteiger partial charge in [0.05, 0.1) is 33.1 Å². The minimum atomic E-state index is -4.77. The Hall–Kier alpha value is -5.89. The molecule has 0 radical (unpaired) electrons. The van der Waals surface area contributed by atoms with Crippen molar-refractivity contribution in [2.24, 2.45) is 0 Å². The fourth-order valence-corrected chi connectivity index (χ4v) is 9.18. The van der Waals surface area contributed by atoms with Crippen LogP contribution in [0.15, 0.2) is 203 Å². The zero-order chi connectivity index (χ0) is 43.3. The van der Waals surface area contributed by atoms with Crippen molar-refractivity contribution in [1.82, 2.24) is 0 Å². The lowest BCUT2D eigenvalue weighted by atomic mass is 9.13. The predicted octanol–water partition coefficient (Wildman–Crippen LogP) is 11.9. The zero-order valence-corrected chi connectivity index (χ0v) is 31.7. The molecular formula is C46H31BF12S. The molecule has 0 aliphatic carbocycles. The molecular weight excluding hydrogens is 823 g/mol. The molecule has 0 unspecified atom stereocenters. The van der Waals surface area contributed by atoms with E-state index in [1.54, 1.807) is 0 Å². The lowest BCUT2D eigenvalue weighted by Crippen LogP contribution is -2.74. The van der Waals surface area contributed by atoms with Crippen molar-refractivity contribution < 1.29 is 52.7 Å². The Kier molecular flexibility index (Phi) is 12.7. The van der Waals surface area contributed by atoms with Crippen LogP contribution in [0.3, 0.4) is 0 Å². The third-order valence-corrected chi connectivity index (χ3v) is 12.1. The number of alkyl halides is 12. The number of halogens is 12. The summed E-state index contributed by atoms with van der Waals surface area (Å²) in [6.45, 7) is 0. The molecule has 0 fully saturated rings. The molecule has 0 nitrogen and oxygen atoms in total. The van der Waals surface area contributed by atoms with Crippen LogP contribution in [0, 0.1) is 0 Å². The van der Waals surface area contributed by atoms with Crippen molar-refractivity contribution in [2.45, 2.75) is 39.4 Å². The third-order valence-electron chi connectivity index (χ3n) is 9.89. The van der Waals surface area contributed by atoms with Crippen LogP contribution in [-0.4, -0.2) is 6.15 Å². The zero-order valence-electron chi connectivity index (χ0n) is 30.9. The van der Waals surface area contributed by atoms with Crippen molar-refractivity contribution in [3.63, 3.8) is 0 Å². The first kappa shape index (κ1) is 43.7. The van der Waals surface area contributed by atoms with Gasteiger partial charge in [-0.3, -0.25) is 0 Å². The number of hydrogen-bond acceptors (Lipinski definition) is 0. The van der Waals surface area contributed by atoms with Crippen LogP contribution >= 0.6 is 0 Å². The van der Waals surface area contributed by atoms with Gasteiger partial charge in [0.2, 0.25) is 0 Å². The molecule has 0 amide bonds. The normalized spacial score (nSPS) is 12.5. The van der Waals surface area contributed by atoms with Crippen molar-refractivity contribution in [3.8, 4) is 0 Å². The Morgan fingerprint density at radius 2 is 0.433 bits per heavy atom. The van der Waals surface area contributed by atoms with E-state index >= 15 is 0 Å².